The minimum absolute atomic E-state index is 0.109. The number of H-pyrrole nitrogens is 1. The number of aromatic nitrogens is 2. The zero-order valence-electron chi connectivity index (χ0n) is 8.23. The number of aryl methyl sites for hydroxylation is 1. The summed E-state index contributed by atoms with van der Waals surface area (Å²) >= 11 is 5.12. The van der Waals surface area contributed by atoms with Crippen LogP contribution < -0.4 is 5.56 Å². The van der Waals surface area contributed by atoms with E-state index in [1.165, 1.54) is 10.6 Å². The van der Waals surface area contributed by atoms with Crippen LogP contribution in [0.5, 0.6) is 0 Å². The van der Waals surface area contributed by atoms with E-state index in [0.717, 1.165) is 11.4 Å². The van der Waals surface area contributed by atoms with E-state index in [2.05, 4.69) is 4.98 Å². The highest BCUT2D eigenvalue weighted by atomic mass is 32.1. The molecule has 0 unspecified atom stereocenters. The fourth-order valence-electron chi connectivity index (χ4n) is 1.43. The monoisotopic (exact) mass is 218 g/mol. The molecule has 76 valence electrons. The molecule has 0 spiro atoms. The first-order valence-corrected chi connectivity index (χ1v) is 4.98. The zero-order valence-corrected chi connectivity index (χ0v) is 9.04. The van der Waals surface area contributed by atoms with Crippen LogP contribution in [-0.2, 0) is 0 Å². The molecule has 3 nitrogen and oxygen atoms in total. The van der Waals surface area contributed by atoms with Gasteiger partial charge in [0.15, 0.2) is 4.77 Å². The van der Waals surface area contributed by atoms with Gasteiger partial charge in [0.05, 0.1) is 5.69 Å². The van der Waals surface area contributed by atoms with Gasteiger partial charge in [-0.1, -0.05) is 18.2 Å². The summed E-state index contributed by atoms with van der Waals surface area (Å²) in [5.41, 5.74) is 1.45. The Balaban J connectivity index is 2.75. The first-order chi connectivity index (χ1) is 7.18. The molecule has 1 N–H and O–H groups in total. The van der Waals surface area contributed by atoms with Gasteiger partial charge in [0.2, 0.25) is 0 Å². The van der Waals surface area contributed by atoms with Gasteiger partial charge in [-0.3, -0.25) is 9.36 Å². The van der Waals surface area contributed by atoms with Crippen molar-refractivity contribution in [2.75, 3.05) is 0 Å². The summed E-state index contributed by atoms with van der Waals surface area (Å²) in [6.07, 6.45) is 0. The van der Waals surface area contributed by atoms with Crippen molar-refractivity contribution in [1.29, 1.82) is 0 Å². The van der Waals surface area contributed by atoms with Crippen molar-refractivity contribution in [3.8, 4) is 5.69 Å². The molecule has 0 bridgehead atoms. The number of nitrogens with one attached hydrogen (secondary N) is 1. The summed E-state index contributed by atoms with van der Waals surface area (Å²) in [4.78, 5) is 14.7. The summed E-state index contributed by atoms with van der Waals surface area (Å²) in [6.45, 7) is 1.81. The molecule has 0 aliphatic heterocycles. The maximum Gasteiger partial charge on any atom is 0.259 e. The number of para-hydroxylation sites is 1. The molecule has 0 saturated carbocycles. The third kappa shape index (κ3) is 1.89. The lowest BCUT2D eigenvalue weighted by Crippen LogP contribution is -2.19. The van der Waals surface area contributed by atoms with Crippen molar-refractivity contribution < 1.29 is 0 Å². The standard InChI is InChI=1S/C11H10N2OS/c1-8-7-10(14)13(11(15)12-8)9-5-3-2-4-6-9/h2-7H,1H3,(H,12,15). The maximum absolute atomic E-state index is 11.7. The van der Waals surface area contributed by atoms with E-state index >= 15 is 0 Å². The fraction of sp³-hybridized carbons (Fsp3) is 0.0909. The summed E-state index contributed by atoms with van der Waals surface area (Å²) in [5, 5.41) is 0. The van der Waals surface area contributed by atoms with E-state index in [1.54, 1.807) is 0 Å². The normalized spacial score (nSPS) is 10.2. The molecule has 0 radical (unpaired) electrons. The molecule has 15 heavy (non-hydrogen) atoms. The second-order valence-corrected chi connectivity index (χ2v) is 3.65. The largest absolute Gasteiger partial charge is 0.336 e. The van der Waals surface area contributed by atoms with Crippen LogP contribution in [0.1, 0.15) is 5.69 Å². The van der Waals surface area contributed by atoms with Gasteiger partial charge in [-0.25, -0.2) is 0 Å². The van der Waals surface area contributed by atoms with Crippen LogP contribution in [0.15, 0.2) is 41.2 Å². The minimum Gasteiger partial charge on any atom is -0.336 e. The molecule has 2 rings (SSSR count). The lowest BCUT2D eigenvalue weighted by Gasteiger charge is -2.05. The van der Waals surface area contributed by atoms with Crippen molar-refractivity contribution in [2.45, 2.75) is 6.92 Å². The summed E-state index contributed by atoms with van der Waals surface area (Å²) in [6, 6.07) is 10.9. The first kappa shape index (κ1) is 9.86. The fourth-order valence-corrected chi connectivity index (χ4v) is 1.79. The van der Waals surface area contributed by atoms with Crippen LogP contribution in [-0.4, -0.2) is 9.55 Å². The molecule has 1 heterocycles. The zero-order chi connectivity index (χ0) is 10.8. The smallest absolute Gasteiger partial charge is 0.259 e. The average Bonchev–Trinajstić information content (AvgIpc) is 2.17. The maximum atomic E-state index is 11.7. The van der Waals surface area contributed by atoms with Gasteiger partial charge >= 0.3 is 0 Å². The van der Waals surface area contributed by atoms with Crippen molar-refractivity contribution in [3.05, 3.63) is 57.2 Å². The summed E-state index contributed by atoms with van der Waals surface area (Å²) < 4.78 is 1.90. The molecule has 0 aliphatic rings. The van der Waals surface area contributed by atoms with Crippen LogP contribution in [0.2, 0.25) is 0 Å². The molecular weight excluding hydrogens is 208 g/mol. The molecule has 1 aromatic carbocycles. The van der Waals surface area contributed by atoms with E-state index < -0.39 is 0 Å². The van der Waals surface area contributed by atoms with Crippen molar-refractivity contribution in [3.63, 3.8) is 0 Å². The molecule has 1 aromatic heterocycles. The molecule has 0 amide bonds. The second kappa shape index (κ2) is 3.82. The Hall–Kier alpha value is -1.68. The van der Waals surface area contributed by atoms with Gasteiger partial charge in [-0.05, 0) is 31.3 Å². The highest BCUT2D eigenvalue weighted by molar-refractivity contribution is 7.71. The predicted octanol–water partition coefficient (Wildman–Crippen LogP) is 2.20. The van der Waals surface area contributed by atoms with Crippen LogP contribution >= 0.6 is 12.2 Å². The molecule has 0 saturated heterocycles. The van der Waals surface area contributed by atoms with Gasteiger partial charge < -0.3 is 4.98 Å². The third-order valence-electron chi connectivity index (χ3n) is 2.08. The topological polar surface area (TPSA) is 37.8 Å². The molecule has 4 heteroatoms. The lowest BCUT2D eigenvalue weighted by molar-refractivity contribution is 0.894. The Morgan fingerprint density at radius 3 is 2.53 bits per heavy atom. The van der Waals surface area contributed by atoms with Crippen LogP contribution in [0.4, 0.5) is 0 Å². The van der Waals surface area contributed by atoms with Gasteiger partial charge in [0.1, 0.15) is 0 Å². The second-order valence-electron chi connectivity index (χ2n) is 3.27. The number of hydrogen-bond acceptors (Lipinski definition) is 2. The minimum atomic E-state index is -0.109. The molecule has 2 aromatic rings. The SMILES string of the molecule is Cc1cc(=O)n(-c2ccccc2)c(=S)[nH]1. The highest BCUT2D eigenvalue weighted by Gasteiger charge is 2.01. The van der Waals surface area contributed by atoms with Gasteiger partial charge in [0, 0.05) is 11.8 Å². The summed E-state index contributed by atoms with van der Waals surface area (Å²) in [5.74, 6) is 0. The quantitative estimate of drug-likeness (QED) is 0.745. The molecule has 0 fully saturated rings. The number of aromatic amines is 1. The van der Waals surface area contributed by atoms with Gasteiger partial charge in [-0.2, -0.15) is 0 Å². The summed E-state index contributed by atoms with van der Waals surface area (Å²) in [7, 11) is 0. The van der Waals surface area contributed by atoms with Gasteiger partial charge in [0.25, 0.3) is 5.56 Å². The molecule has 0 atom stereocenters. The first-order valence-electron chi connectivity index (χ1n) is 4.57. The Kier molecular flexibility index (Phi) is 2.51. The third-order valence-corrected chi connectivity index (χ3v) is 2.37. The van der Waals surface area contributed by atoms with Crippen molar-refractivity contribution in [2.24, 2.45) is 0 Å². The number of benzene rings is 1. The van der Waals surface area contributed by atoms with E-state index in [1.807, 2.05) is 37.3 Å². The van der Waals surface area contributed by atoms with E-state index in [-0.39, 0.29) is 5.56 Å². The van der Waals surface area contributed by atoms with Crippen molar-refractivity contribution >= 4 is 12.2 Å². The molecular formula is C11H10N2OS. The van der Waals surface area contributed by atoms with Crippen molar-refractivity contribution in [1.82, 2.24) is 9.55 Å². The van der Waals surface area contributed by atoms with Crippen LogP contribution in [0, 0.1) is 11.7 Å². The van der Waals surface area contributed by atoms with E-state index in [0.29, 0.717) is 4.77 Å². The Morgan fingerprint density at radius 1 is 1.27 bits per heavy atom. The van der Waals surface area contributed by atoms with Gasteiger partial charge in [-0.15, -0.1) is 0 Å². The Morgan fingerprint density at radius 2 is 1.93 bits per heavy atom. The van der Waals surface area contributed by atoms with Crippen LogP contribution in [0.3, 0.4) is 0 Å². The Labute approximate surface area is 92.0 Å². The average molecular weight is 218 g/mol. The predicted molar refractivity (Wildman–Crippen MR) is 62.0 cm³/mol. The number of rotatable bonds is 1. The van der Waals surface area contributed by atoms with E-state index in [4.69, 9.17) is 12.2 Å². The van der Waals surface area contributed by atoms with Crippen LogP contribution in [0.25, 0.3) is 5.69 Å². The number of nitrogens with zero attached hydrogens (tertiary/aromatic N) is 1. The molecule has 0 aliphatic carbocycles. The lowest BCUT2D eigenvalue weighted by atomic mass is 10.3. The Bertz CT molecular complexity index is 552. The van der Waals surface area contributed by atoms with E-state index in [9.17, 15) is 4.79 Å². The number of hydrogen-bond donors (Lipinski definition) is 1. The highest BCUT2D eigenvalue weighted by Crippen LogP contribution is 2.04.